The van der Waals surface area contributed by atoms with E-state index in [4.69, 9.17) is 5.73 Å². The van der Waals surface area contributed by atoms with Gasteiger partial charge in [0, 0.05) is 29.8 Å². The highest BCUT2D eigenvalue weighted by Gasteiger charge is 2.05. The third-order valence-corrected chi connectivity index (χ3v) is 2.99. The number of nitrogen functional groups attached to an aromatic ring is 1. The van der Waals surface area contributed by atoms with Crippen molar-refractivity contribution < 1.29 is 4.39 Å². The molecule has 2 heterocycles. The SMILES string of the molecule is Nc1cnn(CCc2c[nH]c3ccc(F)cc23)c1. The number of nitrogens with two attached hydrogens (primary N) is 1. The van der Waals surface area contributed by atoms with E-state index in [-0.39, 0.29) is 5.82 Å². The topological polar surface area (TPSA) is 59.6 Å². The normalized spacial score (nSPS) is 11.2. The molecule has 3 N–H and O–H groups in total. The molecule has 3 aromatic rings. The van der Waals surface area contributed by atoms with Gasteiger partial charge in [-0.25, -0.2) is 4.39 Å². The number of anilines is 1. The molecule has 0 amide bonds. The fourth-order valence-electron chi connectivity index (χ4n) is 2.09. The lowest BCUT2D eigenvalue weighted by Gasteiger charge is -2.00. The Labute approximate surface area is 103 Å². The van der Waals surface area contributed by atoms with E-state index in [1.165, 1.54) is 6.07 Å². The number of rotatable bonds is 3. The maximum Gasteiger partial charge on any atom is 0.123 e. The fraction of sp³-hybridized carbons (Fsp3) is 0.154. The van der Waals surface area contributed by atoms with Crippen molar-refractivity contribution in [1.82, 2.24) is 14.8 Å². The van der Waals surface area contributed by atoms with Crippen LogP contribution < -0.4 is 5.73 Å². The highest BCUT2D eigenvalue weighted by molar-refractivity contribution is 5.83. The zero-order chi connectivity index (χ0) is 12.5. The summed E-state index contributed by atoms with van der Waals surface area (Å²) >= 11 is 0. The summed E-state index contributed by atoms with van der Waals surface area (Å²) in [6.07, 6.45) is 6.10. The summed E-state index contributed by atoms with van der Waals surface area (Å²) < 4.78 is 15.0. The Kier molecular flexibility index (Phi) is 2.51. The lowest BCUT2D eigenvalue weighted by Crippen LogP contribution is -2.01. The van der Waals surface area contributed by atoms with Crippen LogP contribution in [-0.4, -0.2) is 14.8 Å². The third-order valence-electron chi connectivity index (χ3n) is 2.99. The van der Waals surface area contributed by atoms with Crippen molar-refractivity contribution in [3.8, 4) is 0 Å². The van der Waals surface area contributed by atoms with E-state index in [2.05, 4.69) is 10.1 Å². The Morgan fingerprint density at radius 3 is 3.06 bits per heavy atom. The number of hydrogen-bond acceptors (Lipinski definition) is 2. The monoisotopic (exact) mass is 244 g/mol. The summed E-state index contributed by atoms with van der Waals surface area (Å²) in [5.41, 5.74) is 8.28. The van der Waals surface area contributed by atoms with Crippen molar-refractivity contribution in [1.29, 1.82) is 0 Å². The van der Waals surface area contributed by atoms with E-state index < -0.39 is 0 Å². The number of nitrogens with one attached hydrogen (secondary N) is 1. The molecule has 0 spiro atoms. The number of fused-ring (bicyclic) bond motifs is 1. The first-order valence-electron chi connectivity index (χ1n) is 5.76. The molecule has 0 atom stereocenters. The van der Waals surface area contributed by atoms with Crippen LogP contribution in [0, 0.1) is 5.82 Å². The molecule has 3 rings (SSSR count). The van der Waals surface area contributed by atoms with E-state index in [1.54, 1.807) is 29.2 Å². The van der Waals surface area contributed by atoms with Gasteiger partial charge in [-0.2, -0.15) is 5.10 Å². The summed E-state index contributed by atoms with van der Waals surface area (Å²) in [6, 6.07) is 4.76. The molecule has 0 bridgehead atoms. The van der Waals surface area contributed by atoms with Crippen molar-refractivity contribution in [2.24, 2.45) is 0 Å². The first kappa shape index (κ1) is 10.8. The molecule has 0 saturated carbocycles. The van der Waals surface area contributed by atoms with Gasteiger partial charge in [0.25, 0.3) is 0 Å². The van der Waals surface area contributed by atoms with Gasteiger partial charge in [0.1, 0.15) is 5.82 Å². The van der Waals surface area contributed by atoms with E-state index in [0.29, 0.717) is 5.69 Å². The predicted octanol–water partition coefficient (Wildman–Crippen LogP) is 2.33. The molecule has 18 heavy (non-hydrogen) atoms. The molecule has 0 aliphatic rings. The number of aromatic amines is 1. The zero-order valence-corrected chi connectivity index (χ0v) is 9.73. The number of aryl methyl sites for hydroxylation is 2. The van der Waals surface area contributed by atoms with Crippen LogP contribution in [0.3, 0.4) is 0 Å². The number of H-pyrrole nitrogens is 1. The highest BCUT2D eigenvalue weighted by Crippen LogP contribution is 2.20. The van der Waals surface area contributed by atoms with Crippen LogP contribution in [0.2, 0.25) is 0 Å². The Bertz CT molecular complexity index is 683. The van der Waals surface area contributed by atoms with Gasteiger partial charge in [0.2, 0.25) is 0 Å². The van der Waals surface area contributed by atoms with Crippen LogP contribution in [0.25, 0.3) is 10.9 Å². The quantitative estimate of drug-likeness (QED) is 0.742. The lowest BCUT2D eigenvalue weighted by atomic mass is 10.1. The molecule has 5 heteroatoms. The first-order chi connectivity index (χ1) is 8.72. The largest absolute Gasteiger partial charge is 0.396 e. The van der Waals surface area contributed by atoms with Crippen molar-refractivity contribution in [2.75, 3.05) is 5.73 Å². The molecular weight excluding hydrogens is 231 g/mol. The van der Waals surface area contributed by atoms with Gasteiger partial charge in [-0.1, -0.05) is 0 Å². The maximum atomic E-state index is 13.2. The summed E-state index contributed by atoms with van der Waals surface area (Å²) in [7, 11) is 0. The molecule has 0 saturated heterocycles. The molecule has 4 nitrogen and oxygen atoms in total. The van der Waals surface area contributed by atoms with Gasteiger partial charge in [-0.15, -0.1) is 0 Å². The number of nitrogens with zero attached hydrogens (tertiary/aromatic N) is 2. The number of benzene rings is 1. The highest BCUT2D eigenvalue weighted by atomic mass is 19.1. The van der Waals surface area contributed by atoms with Crippen molar-refractivity contribution in [3.63, 3.8) is 0 Å². The number of hydrogen-bond donors (Lipinski definition) is 2. The second kappa shape index (κ2) is 4.18. The Morgan fingerprint density at radius 1 is 1.39 bits per heavy atom. The molecule has 2 aromatic heterocycles. The zero-order valence-electron chi connectivity index (χ0n) is 9.73. The Balaban J connectivity index is 1.84. The van der Waals surface area contributed by atoms with Crippen molar-refractivity contribution in [2.45, 2.75) is 13.0 Å². The summed E-state index contributed by atoms with van der Waals surface area (Å²) in [4.78, 5) is 3.14. The first-order valence-corrected chi connectivity index (χ1v) is 5.76. The van der Waals surface area contributed by atoms with Crippen LogP contribution >= 0.6 is 0 Å². The van der Waals surface area contributed by atoms with Crippen LogP contribution in [-0.2, 0) is 13.0 Å². The van der Waals surface area contributed by atoms with Crippen LogP contribution in [0.15, 0.2) is 36.8 Å². The van der Waals surface area contributed by atoms with Gasteiger partial charge in [-0.05, 0) is 30.2 Å². The van der Waals surface area contributed by atoms with Gasteiger partial charge in [0.05, 0.1) is 11.9 Å². The molecule has 0 aliphatic heterocycles. The smallest absolute Gasteiger partial charge is 0.123 e. The minimum Gasteiger partial charge on any atom is -0.396 e. The van der Waals surface area contributed by atoms with Gasteiger partial charge in [0.15, 0.2) is 0 Å². The van der Waals surface area contributed by atoms with Crippen LogP contribution in [0.1, 0.15) is 5.56 Å². The van der Waals surface area contributed by atoms with Crippen molar-refractivity contribution >= 4 is 16.6 Å². The standard InChI is InChI=1S/C13H13FN4/c14-10-1-2-13-12(5-10)9(6-16-13)3-4-18-8-11(15)7-17-18/h1-2,5-8,16H,3-4,15H2. The molecule has 92 valence electrons. The van der Waals surface area contributed by atoms with Gasteiger partial charge < -0.3 is 10.7 Å². The molecule has 1 aromatic carbocycles. The number of halogens is 1. The molecule has 0 fully saturated rings. The van der Waals surface area contributed by atoms with E-state index in [0.717, 1.165) is 29.4 Å². The van der Waals surface area contributed by atoms with E-state index in [1.807, 2.05) is 6.20 Å². The molecule has 0 radical (unpaired) electrons. The Hall–Kier alpha value is -2.30. The van der Waals surface area contributed by atoms with Crippen LogP contribution in [0.4, 0.5) is 10.1 Å². The second-order valence-corrected chi connectivity index (χ2v) is 4.29. The van der Waals surface area contributed by atoms with E-state index in [9.17, 15) is 4.39 Å². The summed E-state index contributed by atoms with van der Waals surface area (Å²) in [5.74, 6) is -0.216. The third kappa shape index (κ3) is 1.95. The average Bonchev–Trinajstić information content (AvgIpc) is 2.93. The van der Waals surface area contributed by atoms with E-state index >= 15 is 0 Å². The molecular formula is C13H13FN4. The number of aromatic nitrogens is 3. The summed E-state index contributed by atoms with van der Waals surface area (Å²) in [6.45, 7) is 0.723. The van der Waals surface area contributed by atoms with Gasteiger partial charge >= 0.3 is 0 Å². The molecule has 0 aliphatic carbocycles. The van der Waals surface area contributed by atoms with Gasteiger partial charge in [-0.3, -0.25) is 4.68 Å². The minimum atomic E-state index is -0.216. The second-order valence-electron chi connectivity index (χ2n) is 4.29. The Morgan fingerprint density at radius 2 is 2.28 bits per heavy atom. The lowest BCUT2D eigenvalue weighted by molar-refractivity contribution is 0.615. The summed E-state index contributed by atoms with van der Waals surface area (Å²) in [5, 5.41) is 5.05. The predicted molar refractivity (Wildman–Crippen MR) is 68.6 cm³/mol. The molecule has 0 unspecified atom stereocenters. The van der Waals surface area contributed by atoms with Crippen LogP contribution in [0.5, 0.6) is 0 Å². The van der Waals surface area contributed by atoms with Crippen molar-refractivity contribution in [3.05, 3.63) is 48.2 Å². The fourth-order valence-corrected chi connectivity index (χ4v) is 2.09. The maximum absolute atomic E-state index is 13.2. The average molecular weight is 244 g/mol. The minimum absolute atomic E-state index is 0.216.